The van der Waals surface area contributed by atoms with Crippen LogP contribution in [0.25, 0.3) is 0 Å². The molecule has 1 atom stereocenters. The van der Waals surface area contributed by atoms with E-state index in [4.69, 9.17) is 9.47 Å². The third-order valence-electron chi connectivity index (χ3n) is 7.02. The van der Waals surface area contributed by atoms with E-state index < -0.39 is 0 Å². The summed E-state index contributed by atoms with van der Waals surface area (Å²) in [7, 11) is 3.71. The molecule has 3 aliphatic rings. The van der Waals surface area contributed by atoms with E-state index in [0.29, 0.717) is 32.7 Å². The van der Waals surface area contributed by atoms with Crippen molar-refractivity contribution in [2.45, 2.75) is 31.7 Å². The van der Waals surface area contributed by atoms with Crippen LogP contribution in [0.3, 0.4) is 0 Å². The van der Waals surface area contributed by atoms with Gasteiger partial charge < -0.3 is 19.3 Å². The van der Waals surface area contributed by atoms with Gasteiger partial charge in [0.15, 0.2) is 0 Å². The number of carbonyl (C=O) groups is 2. The molecular weight excluding hydrogens is 382 g/mol. The number of methoxy groups -OCH3 is 1. The summed E-state index contributed by atoms with van der Waals surface area (Å²) in [5.74, 6) is 1.20. The number of ether oxygens (including phenoxy) is 2. The Bertz CT molecular complexity index is 769. The highest BCUT2D eigenvalue weighted by Gasteiger charge is 2.47. The van der Waals surface area contributed by atoms with E-state index in [-0.39, 0.29) is 23.3 Å². The fraction of sp³-hybridized carbons (Fsp3) is 0.652. The van der Waals surface area contributed by atoms with Gasteiger partial charge in [-0.15, -0.1) is 0 Å². The number of amides is 2. The number of likely N-dealkylation sites (tertiary alicyclic amines) is 2. The topological polar surface area (TPSA) is 62.3 Å². The van der Waals surface area contributed by atoms with Crippen LogP contribution in [0.1, 0.15) is 24.8 Å². The van der Waals surface area contributed by atoms with Crippen molar-refractivity contribution in [1.82, 2.24) is 14.7 Å². The zero-order chi connectivity index (χ0) is 21.1. The summed E-state index contributed by atoms with van der Waals surface area (Å²) in [6.07, 6.45) is 3.24. The van der Waals surface area contributed by atoms with Gasteiger partial charge in [-0.2, -0.15) is 0 Å². The first kappa shape index (κ1) is 21.1. The number of hydrogen-bond acceptors (Lipinski definition) is 5. The highest BCUT2D eigenvalue weighted by molar-refractivity contribution is 5.82. The van der Waals surface area contributed by atoms with Gasteiger partial charge in [0.2, 0.25) is 11.8 Å². The molecule has 0 bridgehead atoms. The predicted octanol–water partition coefficient (Wildman–Crippen LogP) is 1.41. The van der Waals surface area contributed by atoms with E-state index in [9.17, 15) is 9.59 Å². The summed E-state index contributed by atoms with van der Waals surface area (Å²) in [5.41, 5.74) is 1.13. The van der Waals surface area contributed by atoms with E-state index >= 15 is 0 Å². The Hall–Kier alpha value is -2.12. The molecule has 0 N–H and O–H groups in total. The lowest BCUT2D eigenvalue weighted by Gasteiger charge is -2.39. The molecule has 1 aromatic rings. The first-order valence-electron chi connectivity index (χ1n) is 11.0. The van der Waals surface area contributed by atoms with E-state index in [1.165, 1.54) is 0 Å². The monoisotopic (exact) mass is 415 g/mol. The summed E-state index contributed by atoms with van der Waals surface area (Å²) in [5, 5.41) is 0. The largest absolute Gasteiger partial charge is 0.497 e. The second-order valence-electron chi connectivity index (χ2n) is 8.98. The van der Waals surface area contributed by atoms with Gasteiger partial charge in [0.1, 0.15) is 5.75 Å². The molecule has 164 valence electrons. The number of nitrogens with zero attached hydrogens (tertiary/aromatic N) is 3. The zero-order valence-electron chi connectivity index (χ0n) is 18.1. The van der Waals surface area contributed by atoms with Crippen LogP contribution < -0.4 is 4.74 Å². The summed E-state index contributed by atoms with van der Waals surface area (Å²) >= 11 is 0. The molecule has 3 saturated heterocycles. The minimum Gasteiger partial charge on any atom is -0.497 e. The highest BCUT2D eigenvalue weighted by atomic mass is 16.5. The van der Waals surface area contributed by atoms with Gasteiger partial charge >= 0.3 is 0 Å². The van der Waals surface area contributed by atoms with Gasteiger partial charge in [0.05, 0.1) is 32.8 Å². The van der Waals surface area contributed by atoms with Crippen molar-refractivity contribution in [3.8, 4) is 5.75 Å². The number of piperidine rings is 1. The molecule has 7 nitrogen and oxygen atoms in total. The van der Waals surface area contributed by atoms with Gasteiger partial charge in [-0.1, -0.05) is 12.1 Å². The smallest absolute Gasteiger partial charge is 0.240 e. The van der Waals surface area contributed by atoms with E-state index in [2.05, 4.69) is 11.9 Å². The Morgan fingerprint density at radius 2 is 1.87 bits per heavy atom. The van der Waals surface area contributed by atoms with Crippen LogP contribution >= 0.6 is 0 Å². The molecular formula is C23H33N3O4. The Morgan fingerprint density at radius 1 is 1.13 bits per heavy atom. The fourth-order valence-electron chi connectivity index (χ4n) is 5.20. The van der Waals surface area contributed by atoms with E-state index in [0.717, 1.165) is 50.2 Å². The van der Waals surface area contributed by atoms with Gasteiger partial charge in [-0.3, -0.25) is 14.5 Å². The molecule has 0 aliphatic carbocycles. The third-order valence-corrected chi connectivity index (χ3v) is 7.02. The van der Waals surface area contributed by atoms with Gasteiger partial charge in [-0.25, -0.2) is 0 Å². The Morgan fingerprint density at radius 3 is 2.57 bits per heavy atom. The zero-order valence-corrected chi connectivity index (χ0v) is 18.1. The SMILES string of the molecule is COc1cccc(CC(=O)N2CCC3(CC2)CC(C(=O)N2CCOCC2)N(C)C3)c1. The molecule has 3 aliphatic heterocycles. The minimum atomic E-state index is -0.0397. The van der Waals surface area contributed by atoms with Gasteiger partial charge in [-0.05, 0) is 49.4 Å². The summed E-state index contributed by atoms with van der Waals surface area (Å²) in [6.45, 7) is 5.15. The maximum absolute atomic E-state index is 13.0. The van der Waals surface area contributed by atoms with Crippen molar-refractivity contribution in [3.05, 3.63) is 29.8 Å². The predicted molar refractivity (Wildman–Crippen MR) is 113 cm³/mol. The molecule has 3 fully saturated rings. The van der Waals surface area contributed by atoms with E-state index in [1.807, 2.05) is 34.1 Å². The summed E-state index contributed by atoms with van der Waals surface area (Å²) in [4.78, 5) is 32.0. The highest BCUT2D eigenvalue weighted by Crippen LogP contribution is 2.43. The van der Waals surface area contributed by atoms with Crippen LogP contribution in [0, 0.1) is 5.41 Å². The standard InChI is InChI=1S/C23H33N3O4/c1-24-17-23(16-20(24)22(28)26-10-12-30-13-11-26)6-8-25(9-7-23)21(27)15-18-4-3-5-19(14-18)29-2/h3-5,14,20H,6-13,15-17H2,1-2H3. The van der Waals surface area contributed by atoms with Crippen LogP contribution in [0.4, 0.5) is 0 Å². The van der Waals surface area contributed by atoms with Crippen LogP contribution in [0.2, 0.25) is 0 Å². The number of benzene rings is 1. The molecule has 4 rings (SSSR count). The first-order chi connectivity index (χ1) is 14.5. The fourth-order valence-corrected chi connectivity index (χ4v) is 5.20. The number of rotatable bonds is 4. The molecule has 0 aromatic heterocycles. The van der Waals surface area contributed by atoms with Crippen LogP contribution in [0.15, 0.2) is 24.3 Å². The molecule has 2 amide bonds. The van der Waals surface area contributed by atoms with Crippen LogP contribution in [-0.2, 0) is 20.7 Å². The second-order valence-corrected chi connectivity index (χ2v) is 8.98. The van der Waals surface area contributed by atoms with Gasteiger partial charge in [0, 0.05) is 32.7 Å². The lowest BCUT2D eigenvalue weighted by atomic mass is 9.76. The lowest BCUT2D eigenvalue weighted by molar-refractivity contribution is -0.140. The van der Waals surface area contributed by atoms with Crippen molar-refractivity contribution in [3.63, 3.8) is 0 Å². The molecule has 30 heavy (non-hydrogen) atoms. The van der Waals surface area contributed by atoms with Crippen molar-refractivity contribution < 1.29 is 19.1 Å². The van der Waals surface area contributed by atoms with Crippen LogP contribution in [0.5, 0.6) is 5.75 Å². The lowest BCUT2D eigenvalue weighted by Crippen LogP contribution is -2.48. The average molecular weight is 416 g/mol. The van der Waals surface area contributed by atoms with Crippen molar-refractivity contribution in [2.24, 2.45) is 5.41 Å². The Kier molecular flexibility index (Phi) is 6.29. The maximum atomic E-state index is 13.0. The first-order valence-corrected chi connectivity index (χ1v) is 11.0. The number of carbonyl (C=O) groups excluding carboxylic acids is 2. The Balaban J connectivity index is 1.32. The van der Waals surface area contributed by atoms with Crippen LogP contribution in [-0.4, -0.2) is 92.7 Å². The van der Waals surface area contributed by atoms with Crippen molar-refractivity contribution >= 4 is 11.8 Å². The molecule has 0 radical (unpaired) electrons. The van der Waals surface area contributed by atoms with Gasteiger partial charge in [0.25, 0.3) is 0 Å². The second kappa shape index (κ2) is 8.94. The molecule has 1 aromatic carbocycles. The summed E-state index contributed by atoms with van der Waals surface area (Å²) < 4.78 is 10.6. The van der Waals surface area contributed by atoms with Crippen molar-refractivity contribution in [2.75, 3.05) is 60.1 Å². The third kappa shape index (κ3) is 4.47. The normalized spacial score (nSPS) is 24.3. The molecule has 3 heterocycles. The van der Waals surface area contributed by atoms with E-state index in [1.54, 1.807) is 7.11 Å². The number of likely N-dealkylation sites (N-methyl/N-ethyl adjacent to an activating group) is 1. The average Bonchev–Trinajstić information content (AvgIpc) is 3.09. The molecule has 7 heteroatoms. The number of hydrogen-bond donors (Lipinski definition) is 0. The maximum Gasteiger partial charge on any atom is 0.240 e. The summed E-state index contributed by atoms with van der Waals surface area (Å²) in [6, 6.07) is 7.68. The van der Waals surface area contributed by atoms with Crippen molar-refractivity contribution in [1.29, 1.82) is 0 Å². The molecule has 1 spiro atoms. The minimum absolute atomic E-state index is 0.0397. The quantitative estimate of drug-likeness (QED) is 0.744. The Labute approximate surface area is 178 Å². The number of morpholine rings is 1. The molecule has 1 unspecified atom stereocenters. The molecule has 0 saturated carbocycles.